The van der Waals surface area contributed by atoms with Crippen LogP contribution in [0.2, 0.25) is 0 Å². The predicted molar refractivity (Wildman–Crippen MR) is 122 cm³/mol. The maximum atomic E-state index is 13.1. The van der Waals surface area contributed by atoms with Gasteiger partial charge in [0.2, 0.25) is 5.91 Å². The topological polar surface area (TPSA) is 67.9 Å². The molecule has 0 unspecified atom stereocenters. The molecule has 2 aromatic rings. The Morgan fingerprint density at radius 3 is 2.19 bits per heavy atom. The molecule has 2 atom stereocenters. The van der Waals surface area contributed by atoms with Gasteiger partial charge in [-0.25, -0.2) is 0 Å². The lowest BCUT2D eigenvalue weighted by atomic mass is 10.1. The number of nitrogens with one attached hydrogen (secondary N) is 1. The van der Waals surface area contributed by atoms with Crippen molar-refractivity contribution in [3.05, 3.63) is 60.2 Å². The quantitative estimate of drug-likeness (QED) is 0.560. The lowest BCUT2D eigenvalue weighted by molar-refractivity contribution is -0.142. The van der Waals surface area contributed by atoms with Crippen LogP contribution in [-0.4, -0.2) is 49.1 Å². The lowest BCUT2D eigenvalue weighted by Gasteiger charge is -2.31. The molecule has 2 amide bonds. The van der Waals surface area contributed by atoms with Gasteiger partial charge in [0.05, 0.1) is 7.11 Å². The highest BCUT2D eigenvalue weighted by atomic mass is 16.5. The number of ether oxygens (including phenoxy) is 2. The number of hydrogen-bond donors (Lipinski definition) is 1. The Hall–Kier alpha value is -3.02. The molecule has 0 spiro atoms. The standard InChI is InChI=1S/C25H34N2O4/c1-5-19(3)26-25(29)23(6-2)27(17-16-20-10-8-7-9-11-20)24(28)18-31-22-14-12-21(30-4)13-15-22/h7-15,19,23H,5-6,16-18H2,1-4H3,(H,26,29)/t19-,23-/m0/s1. The summed E-state index contributed by atoms with van der Waals surface area (Å²) in [4.78, 5) is 27.7. The second-order valence-electron chi connectivity index (χ2n) is 7.53. The number of benzene rings is 2. The monoisotopic (exact) mass is 426 g/mol. The van der Waals surface area contributed by atoms with Gasteiger partial charge in [-0.2, -0.15) is 0 Å². The van der Waals surface area contributed by atoms with Gasteiger partial charge < -0.3 is 19.7 Å². The number of carbonyl (C=O) groups excluding carboxylic acids is 2. The van der Waals surface area contributed by atoms with Gasteiger partial charge in [-0.1, -0.05) is 44.2 Å². The number of hydrogen-bond acceptors (Lipinski definition) is 4. The van der Waals surface area contributed by atoms with Gasteiger partial charge in [0, 0.05) is 12.6 Å². The Balaban J connectivity index is 2.11. The van der Waals surface area contributed by atoms with Crippen LogP contribution in [0, 0.1) is 0 Å². The normalized spacial score (nSPS) is 12.5. The largest absolute Gasteiger partial charge is 0.497 e. The molecule has 1 N–H and O–H groups in total. The van der Waals surface area contributed by atoms with Crippen molar-refractivity contribution < 1.29 is 19.1 Å². The number of carbonyl (C=O) groups is 2. The zero-order chi connectivity index (χ0) is 22.6. The van der Waals surface area contributed by atoms with Crippen LogP contribution in [0.25, 0.3) is 0 Å². The second kappa shape index (κ2) is 12.6. The maximum absolute atomic E-state index is 13.1. The summed E-state index contributed by atoms with van der Waals surface area (Å²) in [5, 5.41) is 3.01. The summed E-state index contributed by atoms with van der Waals surface area (Å²) in [7, 11) is 1.60. The summed E-state index contributed by atoms with van der Waals surface area (Å²) < 4.78 is 10.8. The molecule has 0 aromatic heterocycles. The highest BCUT2D eigenvalue weighted by Gasteiger charge is 2.29. The molecule has 0 fully saturated rings. The van der Waals surface area contributed by atoms with E-state index in [0.29, 0.717) is 25.1 Å². The average molecular weight is 427 g/mol. The fourth-order valence-electron chi connectivity index (χ4n) is 3.24. The van der Waals surface area contributed by atoms with Crippen molar-refractivity contribution in [1.82, 2.24) is 10.2 Å². The highest BCUT2D eigenvalue weighted by Crippen LogP contribution is 2.17. The van der Waals surface area contributed by atoms with Gasteiger partial charge in [0.15, 0.2) is 6.61 Å². The fraction of sp³-hybridized carbons (Fsp3) is 0.440. The van der Waals surface area contributed by atoms with Crippen LogP contribution in [0.3, 0.4) is 0 Å². The minimum Gasteiger partial charge on any atom is -0.497 e. The molecule has 2 aromatic carbocycles. The molecule has 31 heavy (non-hydrogen) atoms. The van der Waals surface area contributed by atoms with Crippen molar-refractivity contribution in [2.45, 2.75) is 52.1 Å². The van der Waals surface area contributed by atoms with Gasteiger partial charge in [-0.05, 0) is 56.0 Å². The molecule has 0 bridgehead atoms. The first-order chi connectivity index (χ1) is 15.0. The van der Waals surface area contributed by atoms with Gasteiger partial charge in [-0.15, -0.1) is 0 Å². The van der Waals surface area contributed by atoms with Crippen LogP contribution < -0.4 is 14.8 Å². The van der Waals surface area contributed by atoms with E-state index in [2.05, 4.69) is 5.32 Å². The number of nitrogens with zero attached hydrogens (tertiary/aromatic N) is 1. The molecule has 0 heterocycles. The molecule has 2 rings (SSSR count). The van der Waals surface area contributed by atoms with E-state index in [0.717, 1.165) is 17.7 Å². The van der Waals surface area contributed by atoms with Crippen LogP contribution in [-0.2, 0) is 16.0 Å². The Morgan fingerprint density at radius 1 is 0.968 bits per heavy atom. The van der Waals surface area contributed by atoms with Gasteiger partial charge in [-0.3, -0.25) is 9.59 Å². The Labute approximate surface area is 185 Å². The summed E-state index contributed by atoms with van der Waals surface area (Å²) in [6, 6.07) is 16.6. The zero-order valence-corrected chi connectivity index (χ0v) is 19.0. The molecule has 168 valence electrons. The van der Waals surface area contributed by atoms with Crippen molar-refractivity contribution in [3.63, 3.8) is 0 Å². The fourth-order valence-corrected chi connectivity index (χ4v) is 3.24. The molecule has 6 nitrogen and oxygen atoms in total. The van der Waals surface area contributed by atoms with Gasteiger partial charge in [0.25, 0.3) is 5.91 Å². The van der Waals surface area contributed by atoms with Crippen LogP contribution in [0.15, 0.2) is 54.6 Å². The van der Waals surface area contributed by atoms with E-state index >= 15 is 0 Å². The predicted octanol–water partition coefficient (Wildman–Crippen LogP) is 3.84. The van der Waals surface area contributed by atoms with Crippen molar-refractivity contribution in [2.75, 3.05) is 20.3 Å². The van der Waals surface area contributed by atoms with Crippen LogP contribution in [0.4, 0.5) is 0 Å². The molecule has 6 heteroatoms. The van der Waals surface area contributed by atoms with E-state index < -0.39 is 6.04 Å². The van der Waals surface area contributed by atoms with Crippen molar-refractivity contribution in [3.8, 4) is 11.5 Å². The molecule has 0 saturated carbocycles. The van der Waals surface area contributed by atoms with E-state index in [-0.39, 0.29) is 24.5 Å². The second-order valence-corrected chi connectivity index (χ2v) is 7.53. The molecule has 0 saturated heterocycles. The smallest absolute Gasteiger partial charge is 0.261 e. The average Bonchev–Trinajstić information content (AvgIpc) is 2.80. The van der Waals surface area contributed by atoms with Gasteiger partial charge >= 0.3 is 0 Å². The molecule has 0 aliphatic rings. The van der Waals surface area contributed by atoms with Crippen molar-refractivity contribution in [2.24, 2.45) is 0 Å². The number of amides is 2. The summed E-state index contributed by atoms with van der Waals surface area (Å²) in [5.41, 5.74) is 1.12. The summed E-state index contributed by atoms with van der Waals surface area (Å²) in [5.74, 6) is 0.964. The molecule has 0 aliphatic heterocycles. The van der Waals surface area contributed by atoms with E-state index in [1.165, 1.54) is 0 Å². The molecular formula is C25H34N2O4. The van der Waals surface area contributed by atoms with E-state index in [9.17, 15) is 9.59 Å². The SMILES string of the molecule is CC[C@H](C)NC(=O)[C@H](CC)N(CCc1ccccc1)C(=O)COc1ccc(OC)cc1. The highest BCUT2D eigenvalue weighted by molar-refractivity contribution is 5.88. The van der Waals surface area contributed by atoms with E-state index in [1.807, 2.05) is 51.1 Å². The van der Waals surface area contributed by atoms with Crippen LogP contribution in [0.1, 0.15) is 39.2 Å². The zero-order valence-electron chi connectivity index (χ0n) is 19.0. The van der Waals surface area contributed by atoms with Crippen molar-refractivity contribution >= 4 is 11.8 Å². The number of methoxy groups -OCH3 is 1. The number of rotatable bonds is 12. The minimum absolute atomic E-state index is 0.0585. The Kier molecular flexibility index (Phi) is 9.88. The Bertz CT molecular complexity index is 808. The molecule has 0 radical (unpaired) electrons. The van der Waals surface area contributed by atoms with Gasteiger partial charge in [0.1, 0.15) is 17.5 Å². The molecule has 0 aliphatic carbocycles. The first-order valence-electron chi connectivity index (χ1n) is 10.9. The third-order valence-corrected chi connectivity index (χ3v) is 5.29. The summed E-state index contributed by atoms with van der Waals surface area (Å²) >= 11 is 0. The molecular weight excluding hydrogens is 392 g/mol. The minimum atomic E-state index is -0.537. The lowest BCUT2D eigenvalue weighted by Crippen LogP contribution is -2.52. The van der Waals surface area contributed by atoms with Crippen LogP contribution in [0.5, 0.6) is 11.5 Å². The third kappa shape index (κ3) is 7.63. The maximum Gasteiger partial charge on any atom is 0.261 e. The van der Waals surface area contributed by atoms with Crippen LogP contribution >= 0.6 is 0 Å². The third-order valence-electron chi connectivity index (χ3n) is 5.29. The van der Waals surface area contributed by atoms with E-state index in [4.69, 9.17) is 9.47 Å². The summed E-state index contributed by atoms with van der Waals surface area (Å²) in [6.07, 6.45) is 2.04. The summed E-state index contributed by atoms with van der Waals surface area (Å²) in [6.45, 7) is 6.23. The van der Waals surface area contributed by atoms with Crippen molar-refractivity contribution in [1.29, 1.82) is 0 Å². The Morgan fingerprint density at radius 2 is 1.61 bits per heavy atom. The first-order valence-corrected chi connectivity index (χ1v) is 10.9. The first kappa shape index (κ1) is 24.3. The van der Waals surface area contributed by atoms with E-state index in [1.54, 1.807) is 36.3 Å².